The zero-order chi connectivity index (χ0) is 20.3. The van der Waals surface area contributed by atoms with Gasteiger partial charge in [0, 0.05) is 32.4 Å². The molecule has 0 spiro atoms. The van der Waals surface area contributed by atoms with Crippen molar-refractivity contribution in [1.29, 1.82) is 0 Å². The number of hydrogen-bond donors (Lipinski definition) is 1. The molecule has 152 valence electrons. The van der Waals surface area contributed by atoms with Crippen LogP contribution in [0.25, 0.3) is 0 Å². The minimum Gasteiger partial charge on any atom is -0.467 e. The van der Waals surface area contributed by atoms with Crippen molar-refractivity contribution in [3.05, 3.63) is 47.0 Å². The fourth-order valence-corrected chi connectivity index (χ4v) is 3.32. The summed E-state index contributed by atoms with van der Waals surface area (Å²) in [6.07, 6.45) is -2.14. The van der Waals surface area contributed by atoms with E-state index in [1.165, 1.54) is 0 Å². The fourth-order valence-electron chi connectivity index (χ4n) is 3.04. The van der Waals surface area contributed by atoms with Crippen LogP contribution >= 0.6 is 11.6 Å². The van der Waals surface area contributed by atoms with Gasteiger partial charge in [0.05, 0.1) is 29.4 Å². The Labute approximate surface area is 165 Å². The number of carbonyl (C=O) groups excluding carboxylic acids is 1. The number of aromatic nitrogens is 1. The highest BCUT2D eigenvalue weighted by Gasteiger charge is 2.32. The highest BCUT2D eigenvalue weighted by molar-refractivity contribution is 6.33. The molecule has 0 bridgehead atoms. The number of amides is 1. The summed E-state index contributed by atoms with van der Waals surface area (Å²) in [5.74, 6) is 0.884. The third-order valence-corrected chi connectivity index (χ3v) is 4.81. The maximum absolute atomic E-state index is 12.7. The number of pyridine rings is 1. The molecule has 10 heteroatoms. The summed E-state index contributed by atoms with van der Waals surface area (Å²) in [5.41, 5.74) is -0.873. The lowest BCUT2D eigenvalue weighted by atomic mass is 10.2. The Morgan fingerprint density at radius 3 is 2.64 bits per heavy atom. The summed E-state index contributed by atoms with van der Waals surface area (Å²) in [5, 5.41) is 2.84. The molecular weight excluding hydrogens is 397 g/mol. The first-order chi connectivity index (χ1) is 13.2. The summed E-state index contributed by atoms with van der Waals surface area (Å²) in [6.45, 7) is 4.24. The van der Waals surface area contributed by atoms with Crippen LogP contribution in [-0.4, -0.2) is 48.5 Å². The van der Waals surface area contributed by atoms with E-state index in [9.17, 15) is 18.0 Å². The van der Waals surface area contributed by atoms with Gasteiger partial charge in [0.25, 0.3) is 0 Å². The minimum absolute atomic E-state index is 0.0340. The van der Waals surface area contributed by atoms with Gasteiger partial charge in [-0.1, -0.05) is 11.6 Å². The van der Waals surface area contributed by atoms with E-state index in [1.54, 1.807) is 18.4 Å². The summed E-state index contributed by atoms with van der Waals surface area (Å²) in [4.78, 5) is 19.9. The van der Waals surface area contributed by atoms with E-state index >= 15 is 0 Å². The maximum Gasteiger partial charge on any atom is 0.417 e. The Morgan fingerprint density at radius 1 is 1.36 bits per heavy atom. The Hall–Kier alpha value is -2.26. The van der Waals surface area contributed by atoms with E-state index in [0.29, 0.717) is 37.8 Å². The number of nitrogens with one attached hydrogen (secondary N) is 1. The van der Waals surface area contributed by atoms with Gasteiger partial charge in [0.1, 0.15) is 11.6 Å². The van der Waals surface area contributed by atoms with Crippen molar-refractivity contribution in [3.8, 4) is 0 Å². The summed E-state index contributed by atoms with van der Waals surface area (Å²) >= 11 is 6.00. The molecule has 2 aromatic rings. The Morgan fingerprint density at radius 2 is 2.07 bits per heavy atom. The van der Waals surface area contributed by atoms with Crippen LogP contribution in [-0.2, 0) is 11.0 Å². The second-order valence-corrected chi connectivity index (χ2v) is 7.00. The number of furan rings is 1. The molecule has 0 radical (unpaired) electrons. The molecule has 28 heavy (non-hydrogen) atoms. The van der Waals surface area contributed by atoms with Gasteiger partial charge in [0.2, 0.25) is 5.91 Å². The summed E-state index contributed by atoms with van der Waals surface area (Å²) < 4.78 is 43.5. The van der Waals surface area contributed by atoms with E-state index in [4.69, 9.17) is 16.0 Å². The summed E-state index contributed by atoms with van der Waals surface area (Å²) in [7, 11) is 0. The number of piperazine rings is 1. The normalized spacial score (nSPS) is 16.8. The first-order valence-electron chi connectivity index (χ1n) is 8.77. The van der Waals surface area contributed by atoms with Crippen LogP contribution in [0.15, 0.2) is 35.1 Å². The van der Waals surface area contributed by atoms with Gasteiger partial charge in [-0.05, 0) is 25.1 Å². The molecule has 1 aliphatic rings. The molecule has 1 atom stereocenters. The topological polar surface area (TPSA) is 61.6 Å². The minimum atomic E-state index is -4.48. The Balaban J connectivity index is 1.51. The van der Waals surface area contributed by atoms with Gasteiger partial charge in [-0.25, -0.2) is 4.98 Å². The van der Waals surface area contributed by atoms with Gasteiger partial charge in [-0.15, -0.1) is 0 Å². The highest BCUT2D eigenvalue weighted by Crippen LogP contribution is 2.33. The van der Waals surface area contributed by atoms with Crippen LogP contribution in [0.5, 0.6) is 0 Å². The zero-order valence-corrected chi connectivity index (χ0v) is 15.9. The average Bonchev–Trinajstić information content (AvgIpc) is 3.16. The molecule has 3 heterocycles. The number of nitrogens with zero attached hydrogens (tertiary/aromatic N) is 3. The molecule has 0 aliphatic carbocycles. The monoisotopic (exact) mass is 416 g/mol. The number of carbonyl (C=O) groups is 1. The quantitative estimate of drug-likeness (QED) is 0.810. The van der Waals surface area contributed by atoms with Gasteiger partial charge >= 0.3 is 6.18 Å². The van der Waals surface area contributed by atoms with Crippen molar-refractivity contribution in [2.24, 2.45) is 0 Å². The predicted octanol–water partition coefficient (Wildman–Crippen LogP) is 3.35. The number of hydrogen-bond acceptors (Lipinski definition) is 5. The SMILES string of the molecule is CC(NC(=O)CN1CCN(c2ncc(C(F)(F)F)cc2Cl)CC1)c1ccco1. The third kappa shape index (κ3) is 4.96. The van der Waals surface area contributed by atoms with Crippen LogP contribution in [0.4, 0.5) is 19.0 Å². The first kappa shape index (κ1) is 20.5. The second kappa shape index (κ2) is 8.40. The van der Waals surface area contributed by atoms with Crippen LogP contribution in [0.3, 0.4) is 0 Å². The molecular formula is C18H20ClF3N4O2. The number of alkyl halides is 3. The van der Waals surface area contributed by atoms with Crippen molar-refractivity contribution in [2.75, 3.05) is 37.6 Å². The van der Waals surface area contributed by atoms with Crippen molar-refractivity contribution in [3.63, 3.8) is 0 Å². The first-order valence-corrected chi connectivity index (χ1v) is 9.14. The summed E-state index contributed by atoms with van der Waals surface area (Å²) in [6, 6.07) is 4.22. The lowest BCUT2D eigenvalue weighted by Crippen LogP contribution is -2.50. The third-order valence-electron chi connectivity index (χ3n) is 4.54. The molecule has 0 saturated carbocycles. The van der Waals surface area contributed by atoms with Crippen molar-refractivity contribution < 1.29 is 22.4 Å². The maximum atomic E-state index is 12.7. The largest absolute Gasteiger partial charge is 0.467 e. The predicted molar refractivity (Wildman–Crippen MR) is 98.2 cm³/mol. The molecule has 1 N–H and O–H groups in total. The van der Waals surface area contributed by atoms with E-state index in [1.807, 2.05) is 16.7 Å². The molecule has 0 aromatic carbocycles. The molecule has 1 unspecified atom stereocenters. The molecule has 1 amide bonds. The van der Waals surface area contributed by atoms with Gasteiger partial charge < -0.3 is 14.6 Å². The molecule has 3 rings (SSSR count). The number of halogens is 4. The van der Waals surface area contributed by atoms with E-state index in [2.05, 4.69) is 10.3 Å². The molecule has 1 fully saturated rings. The molecule has 1 saturated heterocycles. The smallest absolute Gasteiger partial charge is 0.417 e. The fraction of sp³-hybridized carbons (Fsp3) is 0.444. The van der Waals surface area contributed by atoms with E-state index in [0.717, 1.165) is 12.3 Å². The average molecular weight is 417 g/mol. The lowest BCUT2D eigenvalue weighted by Gasteiger charge is -2.35. The van der Waals surface area contributed by atoms with E-state index in [-0.39, 0.29) is 23.5 Å². The van der Waals surface area contributed by atoms with Crippen molar-refractivity contribution >= 4 is 23.3 Å². The number of anilines is 1. The van der Waals surface area contributed by atoms with Gasteiger partial charge in [-0.2, -0.15) is 13.2 Å². The molecule has 1 aliphatic heterocycles. The van der Waals surface area contributed by atoms with Crippen LogP contribution in [0, 0.1) is 0 Å². The number of rotatable bonds is 5. The zero-order valence-electron chi connectivity index (χ0n) is 15.2. The van der Waals surface area contributed by atoms with Gasteiger partial charge in [-0.3, -0.25) is 9.69 Å². The van der Waals surface area contributed by atoms with Gasteiger partial charge in [0.15, 0.2) is 0 Å². The van der Waals surface area contributed by atoms with Crippen molar-refractivity contribution in [2.45, 2.75) is 19.1 Å². The highest BCUT2D eigenvalue weighted by atomic mass is 35.5. The van der Waals surface area contributed by atoms with Crippen LogP contribution in [0.2, 0.25) is 5.02 Å². The Bertz CT molecular complexity index is 806. The standard InChI is InChI=1S/C18H20ClF3N4O2/c1-12(15-3-2-8-28-15)24-16(27)11-25-4-6-26(7-5-25)17-14(19)9-13(10-23-17)18(20,21)22/h2-3,8-10,12H,4-7,11H2,1H3,(H,24,27). The molecule has 6 nitrogen and oxygen atoms in total. The van der Waals surface area contributed by atoms with Crippen molar-refractivity contribution in [1.82, 2.24) is 15.2 Å². The Kier molecular flexibility index (Phi) is 6.14. The molecule has 2 aromatic heterocycles. The lowest BCUT2D eigenvalue weighted by molar-refractivity contribution is -0.137. The van der Waals surface area contributed by atoms with E-state index < -0.39 is 11.7 Å². The second-order valence-electron chi connectivity index (χ2n) is 6.59. The van der Waals surface area contributed by atoms with Crippen LogP contribution in [0.1, 0.15) is 24.3 Å². The van der Waals surface area contributed by atoms with Crippen LogP contribution < -0.4 is 10.2 Å².